The van der Waals surface area contributed by atoms with Crippen LogP contribution in [0.5, 0.6) is 17.2 Å². The first kappa shape index (κ1) is 17.8. The number of ether oxygens (including phenoxy) is 3. The van der Waals surface area contributed by atoms with Crippen LogP contribution >= 0.6 is 0 Å². The lowest BCUT2D eigenvalue weighted by Gasteiger charge is -2.25. The Labute approximate surface area is 161 Å². The van der Waals surface area contributed by atoms with E-state index in [1.165, 1.54) is 0 Å². The highest BCUT2D eigenvalue weighted by Gasteiger charge is 2.29. The molecule has 2 heterocycles. The van der Waals surface area contributed by atoms with Crippen molar-refractivity contribution in [1.82, 2.24) is 10.3 Å². The monoisotopic (exact) mass is 381 g/mol. The van der Waals surface area contributed by atoms with Crippen molar-refractivity contribution in [3.63, 3.8) is 0 Å². The maximum Gasteiger partial charge on any atom is 0.270 e. The number of carbonyl (C=O) groups is 1. The molecule has 1 N–H and O–H groups in total. The summed E-state index contributed by atoms with van der Waals surface area (Å²) in [5.74, 6) is 1.72. The zero-order valence-corrected chi connectivity index (χ0v) is 15.3. The average Bonchev–Trinajstić information content (AvgIpc) is 3.20. The fourth-order valence-corrected chi connectivity index (χ4v) is 2.73. The summed E-state index contributed by atoms with van der Waals surface area (Å²) in [6, 6.07) is 14.5. The summed E-state index contributed by atoms with van der Waals surface area (Å²) in [5.41, 5.74) is 1.17. The van der Waals surface area contributed by atoms with E-state index in [9.17, 15) is 4.79 Å². The molecule has 144 valence electrons. The number of hydrogen-bond donors (Lipinski definition) is 1. The number of hydrogen-bond acceptors (Lipinski definition) is 7. The molecule has 3 aromatic rings. The van der Waals surface area contributed by atoms with Crippen LogP contribution in [0, 0.1) is 0 Å². The molecule has 1 aliphatic heterocycles. The van der Waals surface area contributed by atoms with Crippen LogP contribution in [0.4, 0.5) is 5.82 Å². The molecule has 0 fully saturated rings. The van der Waals surface area contributed by atoms with Gasteiger partial charge in [0.15, 0.2) is 17.2 Å². The van der Waals surface area contributed by atoms with E-state index in [-0.39, 0.29) is 12.4 Å². The van der Waals surface area contributed by atoms with Crippen molar-refractivity contribution in [2.45, 2.75) is 19.4 Å². The molecule has 28 heavy (non-hydrogen) atoms. The van der Waals surface area contributed by atoms with Crippen LogP contribution < -0.4 is 19.5 Å². The van der Waals surface area contributed by atoms with E-state index in [4.69, 9.17) is 18.8 Å². The molecule has 8 nitrogen and oxygen atoms in total. The van der Waals surface area contributed by atoms with Crippen molar-refractivity contribution in [3.8, 4) is 28.5 Å². The van der Waals surface area contributed by atoms with Crippen molar-refractivity contribution >= 4 is 11.7 Å². The van der Waals surface area contributed by atoms with Crippen molar-refractivity contribution in [3.05, 3.63) is 48.5 Å². The summed E-state index contributed by atoms with van der Waals surface area (Å²) in [6.07, 6.45) is 0.131. The first-order valence-corrected chi connectivity index (χ1v) is 8.99. The van der Waals surface area contributed by atoms with Gasteiger partial charge in [-0.3, -0.25) is 4.79 Å². The van der Waals surface area contributed by atoms with E-state index in [0.717, 1.165) is 17.7 Å². The predicted octanol–water partition coefficient (Wildman–Crippen LogP) is 3.30. The van der Waals surface area contributed by atoms with Crippen molar-refractivity contribution in [1.29, 1.82) is 0 Å². The number of anilines is 1. The summed E-state index contributed by atoms with van der Waals surface area (Å²) in [5, 5.41) is 10.4. The Kier molecular flexibility index (Phi) is 5.09. The SMILES string of the molecule is CCCOc1ccc(-c2nonc2NC(=O)C2COc3ccccc3O2)cc1. The number of benzene rings is 2. The van der Waals surface area contributed by atoms with Gasteiger partial charge in [0.1, 0.15) is 12.4 Å². The first-order chi connectivity index (χ1) is 13.7. The highest BCUT2D eigenvalue weighted by molar-refractivity contribution is 5.96. The summed E-state index contributed by atoms with van der Waals surface area (Å²) in [7, 11) is 0. The quantitative estimate of drug-likeness (QED) is 0.700. The summed E-state index contributed by atoms with van der Waals surface area (Å²) in [4.78, 5) is 12.6. The number of aromatic nitrogens is 2. The van der Waals surface area contributed by atoms with Gasteiger partial charge < -0.3 is 19.5 Å². The predicted molar refractivity (Wildman–Crippen MR) is 101 cm³/mol. The molecule has 0 saturated heterocycles. The first-order valence-electron chi connectivity index (χ1n) is 8.99. The molecular formula is C20H19N3O5. The van der Waals surface area contributed by atoms with Crippen LogP contribution in [0.15, 0.2) is 53.2 Å². The van der Waals surface area contributed by atoms with E-state index in [1.807, 2.05) is 43.3 Å². The maximum atomic E-state index is 12.6. The van der Waals surface area contributed by atoms with Crippen molar-refractivity contribution in [2.75, 3.05) is 18.5 Å². The molecule has 1 aromatic heterocycles. The Hall–Kier alpha value is -3.55. The molecule has 1 unspecified atom stereocenters. The zero-order valence-electron chi connectivity index (χ0n) is 15.3. The summed E-state index contributed by atoms with van der Waals surface area (Å²) in [6.45, 7) is 2.80. The molecule has 1 atom stereocenters. The zero-order chi connectivity index (χ0) is 19.3. The van der Waals surface area contributed by atoms with Gasteiger partial charge >= 0.3 is 0 Å². The normalized spacial score (nSPS) is 15.1. The molecule has 0 saturated carbocycles. The Balaban J connectivity index is 1.45. The average molecular weight is 381 g/mol. The van der Waals surface area contributed by atoms with Gasteiger partial charge in [0, 0.05) is 5.56 Å². The highest BCUT2D eigenvalue weighted by atomic mass is 16.6. The number of nitrogens with zero attached hydrogens (tertiary/aromatic N) is 2. The van der Waals surface area contributed by atoms with Crippen LogP contribution in [0.3, 0.4) is 0 Å². The molecule has 0 aliphatic carbocycles. The van der Waals surface area contributed by atoms with Crippen LogP contribution in [-0.2, 0) is 4.79 Å². The number of nitrogens with one attached hydrogen (secondary N) is 1. The fourth-order valence-electron chi connectivity index (χ4n) is 2.73. The molecule has 8 heteroatoms. The van der Waals surface area contributed by atoms with Gasteiger partial charge in [-0.2, -0.15) is 0 Å². The molecule has 0 radical (unpaired) electrons. The minimum atomic E-state index is -0.802. The fraction of sp³-hybridized carbons (Fsp3) is 0.250. The van der Waals surface area contributed by atoms with Crippen LogP contribution in [-0.4, -0.2) is 35.5 Å². The van der Waals surface area contributed by atoms with Gasteiger partial charge in [-0.05, 0) is 53.1 Å². The van der Waals surface area contributed by atoms with Gasteiger partial charge in [0.2, 0.25) is 11.9 Å². The lowest BCUT2D eigenvalue weighted by molar-refractivity contribution is -0.125. The third-order valence-electron chi connectivity index (χ3n) is 4.13. The summed E-state index contributed by atoms with van der Waals surface area (Å²) < 4.78 is 21.7. The van der Waals surface area contributed by atoms with E-state index in [2.05, 4.69) is 15.6 Å². The van der Waals surface area contributed by atoms with Crippen molar-refractivity contribution < 1.29 is 23.6 Å². The van der Waals surface area contributed by atoms with Gasteiger partial charge in [-0.25, -0.2) is 4.63 Å². The maximum absolute atomic E-state index is 12.6. The molecule has 0 bridgehead atoms. The molecule has 2 aromatic carbocycles. The van der Waals surface area contributed by atoms with E-state index >= 15 is 0 Å². The van der Waals surface area contributed by atoms with E-state index < -0.39 is 12.0 Å². The second-order valence-electron chi connectivity index (χ2n) is 6.19. The van der Waals surface area contributed by atoms with Crippen molar-refractivity contribution in [2.24, 2.45) is 0 Å². The standard InChI is InChI=1S/C20H19N3O5/c1-2-11-25-14-9-7-13(8-10-14)18-19(23-28-22-18)21-20(24)17-12-26-15-5-3-4-6-16(15)27-17/h3-10,17H,2,11-12H2,1H3,(H,21,23,24). The number of rotatable bonds is 6. The summed E-state index contributed by atoms with van der Waals surface area (Å²) >= 11 is 0. The Bertz CT molecular complexity index is 954. The van der Waals surface area contributed by atoms with E-state index in [1.54, 1.807) is 12.1 Å². The van der Waals surface area contributed by atoms with Gasteiger partial charge in [0.25, 0.3) is 5.91 Å². The largest absolute Gasteiger partial charge is 0.494 e. The van der Waals surface area contributed by atoms with Crippen LogP contribution in [0.25, 0.3) is 11.3 Å². The number of para-hydroxylation sites is 2. The van der Waals surface area contributed by atoms with Gasteiger partial charge in [-0.1, -0.05) is 19.1 Å². The number of carbonyl (C=O) groups excluding carboxylic acids is 1. The number of amides is 1. The third kappa shape index (κ3) is 3.75. The third-order valence-corrected chi connectivity index (χ3v) is 4.13. The minimum absolute atomic E-state index is 0.104. The second kappa shape index (κ2) is 7.99. The van der Waals surface area contributed by atoms with Gasteiger partial charge in [0.05, 0.1) is 6.61 Å². The lowest BCUT2D eigenvalue weighted by Crippen LogP contribution is -2.40. The Morgan fingerprint density at radius 3 is 2.71 bits per heavy atom. The Morgan fingerprint density at radius 1 is 1.14 bits per heavy atom. The van der Waals surface area contributed by atoms with Gasteiger partial charge in [-0.15, -0.1) is 0 Å². The molecule has 1 amide bonds. The second-order valence-corrected chi connectivity index (χ2v) is 6.19. The van der Waals surface area contributed by atoms with Crippen LogP contribution in [0.2, 0.25) is 0 Å². The lowest BCUT2D eigenvalue weighted by atomic mass is 10.1. The molecule has 1 aliphatic rings. The highest BCUT2D eigenvalue weighted by Crippen LogP contribution is 2.32. The smallest absolute Gasteiger partial charge is 0.270 e. The molecule has 4 rings (SSSR count). The number of fused-ring (bicyclic) bond motifs is 1. The minimum Gasteiger partial charge on any atom is -0.494 e. The molecular weight excluding hydrogens is 362 g/mol. The van der Waals surface area contributed by atoms with Crippen LogP contribution in [0.1, 0.15) is 13.3 Å². The van der Waals surface area contributed by atoms with E-state index in [0.29, 0.717) is 23.8 Å². The Morgan fingerprint density at radius 2 is 1.93 bits per heavy atom. The topological polar surface area (TPSA) is 95.7 Å². The molecule has 0 spiro atoms.